The van der Waals surface area contributed by atoms with Gasteiger partial charge in [0.2, 0.25) is 0 Å². The number of pyridine rings is 1. The maximum Gasteiger partial charge on any atom is 0.268 e. The van der Waals surface area contributed by atoms with E-state index < -0.39 is 0 Å². The van der Waals surface area contributed by atoms with Gasteiger partial charge in [-0.1, -0.05) is 30.3 Å². The zero-order chi connectivity index (χ0) is 16.0. The molecule has 0 saturated heterocycles. The van der Waals surface area contributed by atoms with Crippen LogP contribution in [0.25, 0.3) is 20.4 Å². The van der Waals surface area contributed by atoms with E-state index >= 15 is 0 Å². The molecule has 0 radical (unpaired) electrons. The Kier molecular flexibility index (Phi) is 3.23. The van der Waals surface area contributed by atoms with Crippen molar-refractivity contribution in [2.24, 2.45) is 0 Å². The lowest BCUT2D eigenvalue weighted by Gasteiger charge is -2.10. The normalized spacial score (nSPS) is 11.4. The van der Waals surface area contributed by atoms with E-state index in [0.29, 0.717) is 4.70 Å². The van der Waals surface area contributed by atoms with Crippen LogP contribution < -0.4 is 5.56 Å². The molecule has 1 aromatic carbocycles. The van der Waals surface area contributed by atoms with E-state index in [1.54, 1.807) is 0 Å². The van der Waals surface area contributed by atoms with E-state index in [9.17, 15) is 4.79 Å². The predicted octanol–water partition coefficient (Wildman–Crippen LogP) is 3.74. The van der Waals surface area contributed by atoms with Crippen molar-refractivity contribution in [3.05, 3.63) is 69.4 Å². The Balaban J connectivity index is 2.00. The molecule has 0 amide bonds. The first-order chi connectivity index (χ1) is 11.1. The molecule has 0 unspecified atom stereocenters. The lowest BCUT2D eigenvalue weighted by Crippen LogP contribution is -2.03. The zero-order valence-electron chi connectivity index (χ0n) is 12.9. The summed E-state index contributed by atoms with van der Waals surface area (Å²) in [6.45, 7) is 4.14. The lowest BCUT2D eigenvalue weighted by molar-refractivity contribution is 1.08. The molecule has 0 bridgehead atoms. The number of benzene rings is 1. The molecule has 114 valence electrons. The van der Waals surface area contributed by atoms with Crippen LogP contribution in [0.15, 0.2) is 41.5 Å². The Hall–Kier alpha value is -2.53. The molecule has 0 spiro atoms. The number of hydrogen-bond acceptors (Lipinski definition) is 4. The van der Waals surface area contributed by atoms with Crippen LogP contribution in [0.4, 0.5) is 0 Å². The Labute approximate surface area is 136 Å². The van der Waals surface area contributed by atoms with Gasteiger partial charge in [0, 0.05) is 11.1 Å². The number of aryl methyl sites for hydroxylation is 2. The summed E-state index contributed by atoms with van der Waals surface area (Å²) in [7, 11) is 0. The summed E-state index contributed by atoms with van der Waals surface area (Å²) in [6.07, 6.45) is 2.30. The number of aromatic amines is 1. The minimum atomic E-state index is -0.0975. The van der Waals surface area contributed by atoms with Crippen LogP contribution in [0.1, 0.15) is 22.4 Å². The molecule has 0 saturated carbocycles. The molecule has 4 aromatic rings. The van der Waals surface area contributed by atoms with E-state index in [0.717, 1.165) is 27.8 Å². The van der Waals surface area contributed by atoms with Crippen LogP contribution in [0.5, 0.6) is 0 Å². The van der Waals surface area contributed by atoms with Crippen molar-refractivity contribution in [2.75, 3.05) is 0 Å². The number of fused-ring (bicyclic) bond motifs is 3. The summed E-state index contributed by atoms with van der Waals surface area (Å²) >= 11 is 1.41. The van der Waals surface area contributed by atoms with Gasteiger partial charge in [-0.15, -0.1) is 11.3 Å². The van der Waals surface area contributed by atoms with Crippen LogP contribution in [-0.2, 0) is 6.42 Å². The fourth-order valence-corrected chi connectivity index (χ4v) is 4.16. The van der Waals surface area contributed by atoms with Crippen LogP contribution >= 0.6 is 11.3 Å². The third-order valence-corrected chi connectivity index (χ3v) is 5.29. The number of hydrogen-bond donors (Lipinski definition) is 1. The van der Waals surface area contributed by atoms with Crippen molar-refractivity contribution < 1.29 is 0 Å². The second-order valence-electron chi connectivity index (χ2n) is 5.65. The second-order valence-corrected chi connectivity index (χ2v) is 6.65. The molecule has 0 atom stereocenters. The first-order valence-corrected chi connectivity index (χ1v) is 8.26. The quantitative estimate of drug-likeness (QED) is 0.612. The van der Waals surface area contributed by atoms with Crippen molar-refractivity contribution in [2.45, 2.75) is 20.3 Å². The van der Waals surface area contributed by atoms with Gasteiger partial charge in [-0.2, -0.15) is 0 Å². The summed E-state index contributed by atoms with van der Waals surface area (Å²) in [4.78, 5) is 24.7. The first kappa shape index (κ1) is 14.1. The highest BCUT2D eigenvalue weighted by Gasteiger charge is 2.17. The number of thiophene rings is 1. The van der Waals surface area contributed by atoms with E-state index in [1.165, 1.54) is 34.4 Å². The molecular formula is C18H15N3OS. The topological polar surface area (TPSA) is 58.6 Å². The highest BCUT2D eigenvalue weighted by Crippen LogP contribution is 2.34. The van der Waals surface area contributed by atoms with Gasteiger partial charge in [0.15, 0.2) is 0 Å². The fourth-order valence-electron chi connectivity index (χ4n) is 3.03. The summed E-state index contributed by atoms with van der Waals surface area (Å²) in [5.41, 5.74) is 5.31. The van der Waals surface area contributed by atoms with Gasteiger partial charge in [-0.3, -0.25) is 4.79 Å². The Morgan fingerprint density at radius 1 is 1.17 bits per heavy atom. The summed E-state index contributed by atoms with van der Waals surface area (Å²) < 4.78 is 0.648. The van der Waals surface area contributed by atoms with Gasteiger partial charge in [0.1, 0.15) is 9.53 Å². The van der Waals surface area contributed by atoms with Crippen LogP contribution in [-0.4, -0.2) is 15.0 Å². The molecule has 1 N–H and O–H groups in total. The number of nitrogens with zero attached hydrogens (tertiary/aromatic N) is 2. The Morgan fingerprint density at radius 3 is 2.74 bits per heavy atom. The van der Waals surface area contributed by atoms with Crippen LogP contribution in [0.2, 0.25) is 0 Å². The van der Waals surface area contributed by atoms with Crippen molar-refractivity contribution in [1.29, 1.82) is 0 Å². The van der Waals surface area contributed by atoms with Crippen molar-refractivity contribution in [3.63, 3.8) is 0 Å². The molecule has 0 fully saturated rings. The Morgan fingerprint density at radius 2 is 1.96 bits per heavy atom. The van der Waals surface area contributed by atoms with Gasteiger partial charge in [0.25, 0.3) is 5.56 Å². The number of H-pyrrole nitrogens is 1. The highest BCUT2D eigenvalue weighted by atomic mass is 32.1. The van der Waals surface area contributed by atoms with Crippen molar-refractivity contribution in [1.82, 2.24) is 15.0 Å². The predicted molar refractivity (Wildman–Crippen MR) is 94.3 cm³/mol. The van der Waals surface area contributed by atoms with Gasteiger partial charge < -0.3 is 4.98 Å². The average molecular weight is 321 g/mol. The Bertz CT molecular complexity index is 1080. The maximum atomic E-state index is 12.0. The molecule has 4 nitrogen and oxygen atoms in total. The largest absolute Gasteiger partial charge is 0.312 e. The standard InChI is InChI=1S/C18H15N3OS/c1-10-13(8-12-6-4-3-5-7-12)11(2)21-18-14(10)15-16(23-18)17(22)20-9-19-15/h3-7,9H,8H2,1-2H3,(H,19,20,22). The SMILES string of the molecule is Cc1nc2sc3c(=O)[nH]cnc3c2c(C)c1Cc1ccccc1. The molecule has 0 aliphatic heterocycles. The number of rotatable bonds is 2. The molecule has 4 rings (SSSR count). The highest BCUT2D eigenvalue weighted by molar-refractivity contribution is 7.25. The van der Waals surface area contributed by atoms with E-state index in [1.807, 2.05) is 25.1 Å². The molecule has 3 heterocycles. The third kappa shape index (κ3) is 2.24. The molecule has 0 aliphatic rings. The summed E-state index contributed by atoms with van der Waals surface area (Å²) in [5.74, 6) is 0. The minimum absolute atomic E-state index is 0.0975. The van der Waals surface area contributed by atoms with Crippen LogP contribution in [0.3, 0.4) is 0 Å². The fraction of sp³-hybridized carbons (Fsp3) is 0.167. The molecule has 0 aliphatic carbocycles. The summed E-state index contributed by atoms with van der Waals surface area (Å²) in [6, 6.07) is 10.4. The number of nitrogens with one attached hydrogen (secondary N) is 1. The van der Waals surface area contributed by atoms with Crippen LogP contribution in [0, 0.1) is 13.8 Å². The molecule has 23 heavy (non-hydrogen) atoms. The molecule has 5 heteroatoms. The maximum absolute atomic E-state index is 12.0. The molecular weight excluding hydrogens is 306 g/mol. The van der Waals surface area contributed by atoms with Crippen molar-refractivity contribution in [3.8, 4) is 0 Å². The second kappa shape index (κ2) is 5.28. The minimum Gasteiger partial charge on any atom is -0.312 e. The number of aromatic nitrogens is 3. The first-order valence-electron chi connectivity index (χ1n) is 7.45. The van der Waals surface area contributed by atoms with Crippen molar-refractivity contribution >= 4 is 31.8 Å². The smallest absolute Gasteiger partial charge is 0.268 e. The van der Waals surface area contributed by atoms with Gasteiger partial charge >= 0.3 is 0 Å². The third-order valence-electron chi connectivity index (χ3n) is 4.22. The van der Waals surface area contributed by atoms with E-state index in [4.69, 9.17) is 4.98 Å². The monoisotopic (exact) mass is 321 g/mol. The van der Waals surface area contributed by atoms with E-state index in [2.05, 4.69) is 29.0 Å². The zero-order valence-corrected chi connectivity index (χ0v) is 13.7. The summed E-state index contributed by atoms with van der Waals surface area (Å²) in [5, 5.41) is 1.01. The van der Waals surface area contributed by atoms with Gasteiger partial charge in [-0.25, -0.2) is 9.97 Å². The average Bonchev–Trinajstić information content (AvgIpc) is 2.92. The van der Waals surface area contributed by atoms with Gasteiger partial charge in [0.05, 0.1) is 11.8 Å². The van der Waals surface area contributed by atoms with E-state index in [-0.39, 0.29) is 5.56 Å². The van der Waals surface area contributed by atoms with Gasteiger partial charge in [-0.05, 0) is 37.0 Å². The lowest BCUT2D eigenvalue weighted by atomic mass is 9.97. The molecule has 3 aromatic heterocycles.